The lowest BCUT2D eigenvalue weighted by Crippen LogP contribution is -2.25. The summed E-state index contributed by atoms with van der Waals surface area (Å²) in [4.78, 5) is 0. The molecule has 0 aromatic carbocycles. The van der Waals surface area contributed by atoms with Crippen molar-refractivity contribution in [3.8, 4) is 0 Å². The van der Waals surface area contributed by atoms with Gasteiger partial charge in [0.1, 0.15) is 0 Å². The number of ether oxygens (including phenoxy) is 2. The molecule has 2 nitrogen and oxygen atoms in total. The first-order valence-electron chi connectivity index (χ1n) is 3.47. The molecule has 11 heavy (non-hydrogen) atoms. The van der Waals surface area contributed by atoms with Gasteiger partial charge in [0.2, 0.25) is 0 Å². The van der Waals surface area contributed by atoms with Crippen molar-refractivity contribution in [1.82, 2.24) is 0 Å². The second-order valence-electron chi connectivity index (χ2n) is 2.37. The van der Waals surface area contributed by atoms with Crippen LogP contribution in [-0.4, -0.2) is 19.5 Å². The molecule has 1 heterocycles. The van der Waals surface area contributed by atoms with Gasteiger partial charge in [-0.05, 0) is 45.2 Å². The predicted octanol–water partition coefficient (Wildman–Crippen LogP) is 2.77. The SMILES string of the molecule is CC(=C(Br)Br)C1OCCCO1. The minimum atomic E-state index is -0.169. The Morgan fingerprint density at radius 1 is 1.27 bits per heavy atom. The third kappa shape index (κ3) is 2.86. The van der Waals surface area contributed by atoms with E-state index < -0.39 is 0 Å². The smallest absolute Gasteiger partial charge is 0.181 e. The van der Waals surface area contributed by atoms with E-state index in [1.807, 2.05) is 6.92 Å². The molecule has 0 N–H and O–H groups in total. The summed E-state index contributed by atoms with van der Waals surface area (Å²) in [5, 5.41) is 0. The van der Waals surface area contributed by atoms with Crippen LogP contribution < -0.4 is 0 Å². The molecule has 4 heteroatoms. The lowest BCUT2D eigenvalue weighted by Gasteiger charge is -2.23. The van der Waals surface area contributed by atoms with Crippen LogP contribution in [0.2, 0.25) is 0 Å². The largest absolute Gasteiger partial charge is 0.349 e. The Labute approximate surface area is 83.2 Å². The monoisotopic (exact) mass is 284 g/mol. The molecule has 0 aromatic heterocycles. The molecule has 1 rings (SSSR count). The van der Waals surface area contributed by atoms with Crippen molar-refractivity contribution in [2.75, 3.05) is 13.2 Å². The van der Waals surface area contributed by atoms with E-state index in [0.717, 1.165) is 28.6 Å². The molecule has 0 bridgehead atoms. The average molecular weight is 286 g/mol. The maximum absolute atomic E-state index is 5.36. The number of hydrogen-bond acceptors (Lipinski definition) is 2. The zero-order chi connectivity index (χ0) is 8.27. The number of rotatable bonds is 1. The molecule has 0 aromatic rings. The average Bonchev–Trinajstić information content (AvgIpc) is 2.05. The van der Waals surface area contributed by atoms with Crippen LogP contribution in [-0.2, 0) is 9.47 Å². The van der Waals surface area contributed by atoms with Gasteiger partial charge >= 0.3 is 0 Å². The van der Waals surface area contributed by atoms with Gasteiger partial charge in [-0.3, -0.25) is 0 Å². The summed E-state index contributed by atoms with van der Waals surface area (Å²) >= 11 is 6.62. The Hall–Kier alpha value is 0.620. The summed E-state index contributed by atoms with van der Waals surface area (Å²) in [5.74, 6) is 0. The third-order valence-electron chi connectivity index (χ3n) is 1.48. The van der Waals surface area contributed by atoms with Crippen LogP contribution in [0.4, 0.5) is 0 Å². The van der Waals surface area contributed by atoms with Crippen LogP contribution in [0.25, 0.3) is 0 Å². The van der Waals surface area contributed by atoms with Crippen LogP contribution in [0.3, 0.4) is 0 Å². The van der Waals surface area contributed by atoms with E-state index in [2.05, 4.69) is 31.9 Å². The minimum Gasteiger partial charge on any atom is -0.349 e. The summed E-state index contributed by atoms with van der Waals surface area (Å²) in [7, 11) is 0. The van der Waals surface area contributed by atoms with Crippen molar-refractivity contribution in [1.29, 1.82) is 0 Å². The van der Waals surface area contributed by atoms with Crippen molar-refractivity contribution < 1.29 is 9.47 Å². The molecule has 0 spiro atoms. The summed E-state index contributed by atoms with van der Waals surface area (Å²) in [6.07, 6.45) is 0.821. The number of hydrogen-bond donors (Lipinski definition) is 0. The molecule has 0 unspecified atom stereocenters. The van der Waals surface area contributed by atoms with Crippen molar-refractivity contribution >= 4 is 31.9 Å². The van der Waals surface area contributed by atoms with Crippen LogP contribution in [0, 0.1) is 0 Å². The fourth-order valence-corrected chi connectivity index (χ4v) is 1.20. The summed E-state index contributed by atoms with van der Waals surface area (Å²) in [5.41, 5.74) is 1.05. The van der Waals surface area contributed by atoms with Crippen molar-refractivity contribution in [2.45, 2.75) is 19.6 Å². The Morgan fingerprint density at radius 2 is 1.82 bits per heavy atom. The normalized spacial score (nSPS) is 19.9. The second kappa shape index (κ2) is 4.60. The van der Waals surface area contributed by atoms with Gasteiger partial charge in [0, 0.05) is 5.57 Å². The molecule has 1 aliphatic rings. The van der Waals surface area contributed by atoms with E-state index in [1.165, 1.54) is 0 Å². The fraction of sp³-hybridized carbons (Fsp3) is 0.714. The summed E-state index contributed by atoms with van der Waals surface area (Å²) < 4.78 is 11.6. The molecule has 0 amide bonds. The first-order valence-corrected chi connectivity index (χ1v) is 5.05. The second-order valence-corrected chi connectivity index (χ2v) is 5.02. The maximum Gasteiger partial charge on any atom is 0.181 e. The zero-order valence-electron chi connectivity index (χ0n) is 6.27. The summed E-state index contributed by atoms with van der Waals surface area (Å²) in [6, 6.07) is 0. The summed E-state index contributed by atoms with van der Waals surface area (Å²) in [6.45, 7) is 3.54. The molecular formula is C7H10Br2O2. The molecule has 64 valence electrons. The van der Waals surface area contributed by atoms with Gasteiger partial charge in [0.15, 0.2) is 6.29 Å². The van der Waals surface area contributed by atoms with Crippen molar-refractivity contribution in [3.05, 3.63) is 8.96 Å². The van der Waals surface area contributed by atoms with E-state index >= 15 is 0 Å². The molecule has 0 atom stereocenters. The van der Waals surface area contributed by atoms with E-state index in [-0.39, 0.29) is 6.29 Å². The molecule has 1 saturated heterocycles. The van der Waals surface area contributed by atoms with Crippen molar-refractivity contribution in [3.63, 3.8) is 0 Å². The van der Waals surface area contributed by atoms with Gasteiger partial charge in [-0.25, -0.2) is 0 Å². The molecule has 1 aliphatic heterocycles. The van der Waals surface area contributed by atoms with Gasteiger partial charge in [-0.2, -0.15) is 0 Å². The van der Waals surface area contributed by atoms with Crippen LogP contribution in [0.15, 0.2) is 8.96 Å². The Kier molecular flexibility index (Phi) is 4.06. The van der Waals surface area contributed by atoms with Crippen LogP contribution in [0.5, 0.6) is 0 Å². The third-order valence-corrected chi connectivity index (χ3v) is 2.73. The van der Waals surface area contributed by atoms with Crippen LogP contribution >= 0.6 is 31.9 Å². The molecule has 0 saturated carbocycles. The van der Waals surface area contributed by atoms with Crippen LogP contribution in [0.1, 0.15) is 13.3 Å². The zero-order valence-corrected chi connectivity index (χ0v) is 9.44. The molecule has 0 aliphatic carbocycles. The highest BCUT2D eigenvalue weighted by Crippen LogP contribution is 2.24. The maximum atomic E-state index is 5.36. The Bertz CT molecular complexity index is 158. The lowest BCUT2D eigenvalue weighted by molar-refractivity contribution is -0.156. The van der Waals surface area contributed by atoms with E-state index in [9.17, 15) is 0 Å². The topological polar surface area (TPSA) is 18.5 Å². The Morgan fingerprint density at radius 3 is 2.27 bits per heavy atom. The lowest BCUT2D eigenvalue weighted by atomic mass is 10.3. The fourth-order valence-electron chi connectivity index (χ4n) is 0.827. The van der Waals surface area contributed by atoms with Gasteiger partial charge in [-0.1, -0.05) is 0 Å². The first kappa shape index (κ1) is 9.71. The molecule has 0 radical (unpaired) electrons. The minimum absolute atomic E-state index is 0.169. The van der Waals surface area contributed by atoms with E-state index in [1.54, 1.807) is 0 Å². The van der Waals surface area contributed by atoms with E-state index in [0.29, 0.717) is 0 Å². The highest BCUT2D eigenvalue weighted by Gasteiger charge is 2.17. The van der Waals surface area contributed by atoms with Gasteiger partial charge in [0.05, 0.1) is 16.6 Å². The van der Waals surface area contributed by atoms with Crippen molar-refractivity contribution in [2.24, 2.45) is 0 Å². The molecular weight excluding hydrogens is 276 g/mol. The van der Waals surface area contributed by atoms with E-state index in [4.69, 9.17) is 9.47 Å². The quantitative estimate of drug-likeness (QED) is 0.738. The first-order chi connectivity index (χ1) is 5.22. The standard InChI is InChI=1S/C7H10Br2O2/c1-5(6(8)9)7-10-3-2-4-11-7/h7H,2-4H2,1H3. The highest BCUT2D eigenvalue weighted by atomic mass is 79.9. The van der Waals surface area contributed by atoms with Gasteiger partial charge < -0.3 is 9.47 Å². The predicted molar refractivity (Wildman–Crippen MR) is 50.9 cm³/mol. The highest BCUT2D eigenvalue weighted by molar-refractivity contribution is 9.28. The Balaban J connectivity index is 2.52. The van der Waals surface area contributed by atoms with Gasteiger partial charge in [0.25, 0.3) is 0 Å². The number of halogens is 2. The molecule has 1 fully saturated rings. The van der Waals surface area contributed by atoms with Gasteiger partial charge in [-0.15, -0.1) is 0 Å².